The first kappa shape index (κ1) is 15.7. The molecule has 2 N–H and O–H groups in total. The lowest BCUT2D eigenvalue weighted by Crippen LogP contribution is -2.38. The summed E-state index contributed by atoms with van der Waals surface area (Å²) in [7, 11) is 0. The second-order valence-corrected chi connectivity index (χ2v) is 6.41. The minimum absolute atomic E-state index is 0.0192. The van der Waals surface area contributed by atoms with E-state index in [0.29, 0.717) is 12.2 Å². The van der Waals surface area contributed by atoms with Gasteiger partial charge in [-0.3, -0.25) is 4.98 Å². The van der Waals surface area contributed by atoms with Crippen molar-refractivity contribution in [3.05, 3.63) is 53.7 Å². The zero-order chi connectivity index (χ0) is 15.5. The number of benzene rings is 1. The molecule has 0 aliphatic rings. The van der Waals surface area contributed by atoms with Crippen molar-refractivity contribution < 1.29 is 5.11 Å². The lowest BCUT2D eigenvalue weighted by Gasteiger charge is -2.22. The van der Waals surface area contributed by atoms with Crippen LogP contribution in [0.25, 0.3) is 11.3 Å². The quantitative estimate of drug-likeness (QED) is 0.903. The summed E-state index contributed by atoms with van der Waals surface area (Å²) >= 11 is 0. The van der Waals surface area contributed by atoms with Crippen molar-refractivity contribution in [1.82, 2.24) is 10.3 Å². The minimum atomic E-state index is -0.604. The molecule has 1 heterocycles. The van der Waals surface area contributed by atoms with Crippen LogP contribution in [0.3, 0.4) is 0 Å². The maximum absolute atomic E-state index is 10.3. The molecule has 0 fully saturated rings. The van der Waals surface area contributed by atoms with Crippen LogP contribution in [0.2, 0.25) is 0 Å². The maximum Gasteiger partial charge on any atom is 0.108 e. The molecule has 1 atom stereocenters. The molecule has 0 bridgehead atoms. The van der Waals surface area contributed by atoms with Crippen LogP contribution in [-0.4, -0.2) is 22.2 Å². The number of aliphatic hydroxyl groups is 1. The molecule has 0 aliphatic carbocycles. The number of aryl methyl sites for hydroxylation is 1. The zero-order valence-corrected chi connectivity index (χ0v) is 13.2. The molecule has 21 heavy (non-hydrogen) atoms. The van der Waals surface area contributed by atoms with Gasteiger partial charge in [0.15, 0.2) is 0 Å². The number of aromatic nitrogens is 1. The molecule has 0 saturated carbocycles. The highest BCUT2D eigenvalue weighted by atomic mass is 16.3. The van der Waals surface area contributed by atoms with Gasteiger partial charge in [-0.05, 0) is 45.4 Å². The normalized spacial score (nSPS) is 13.2. The van der Waals surface area contributed by atoms with Gasteiger partial charge in [0.1, 0.15) is 6.10 Å². The number of hydrogen-bond donors (Lipinski definition) is 2. The van der Waals surface area contributed by atoms with Crippen LogP contribution in [-0.2, 0) is 0 Å². The predicted molar refractivity (Wildman–Crippen MR) is 87.1 cm³/mol. The molecule has 1 aromatic heterocycles. The monoisotopic (exact) mass is 284 g/mol. The summed E-state index contributed by atoms with van der Waals surface area (Å²) < 4.78 is 0. The van der Waals surface area contributed by atoms with Crippen LogP contribution in [0, 0.1) is 6.92 Å². The first-order valence-electron chi connectivity index (χ1n) is 7.33. The molecule has 2 rings (SSSR count). The number of nitrogens with zero attached hydrogens (tertiary/aromatic N) is 1. The summed E-state index contributed by atoms with van der Waals surface area (Å²) in [4.78, 5) is 4.61. The Hall–Kier alpha value is -1.71. The van der Waals surface area contributed by atoms with Crippen LogP contribution >= 0.6 is 0 Å². The molecular formula is C18H24N2O. The van der Waals surface area contributed by atoms with Crippen molar-refractivity contribution in [2.24, 2.45) is 0 Å². The SMILES string of the molecule is Cc1ccccc1-c1cccc([C@H](O)CNC(C)(C)C)n1. The van der Waals surface area contributed by atoms with E-state index in [1.165, 1.54) is 5.56 Å². The average molecular weight is 284 g/mol. The van der Waals surface area contributed by atoms with E-state index >= 15 is 0 Å². The lowest BCUT2D eigenvalue weighted by molar-refractivity contribution is 0.159. The second-order valence-electron chi connectivity index (χ2n) is 6.41. The molecule has 112 valence electrons. The third-order valence-electron chi connectivity index (χ3n) is 3.36. The topological polar surface area (TPSA) is 45.1 Å². The number of β-amino-alcohol motifs (C(OH)–C–C–N with tert-alkyl or cyclic N) is 1. The van der Waals surface area contributed by atoms with Gasteiger partial charge in [0.05, 0.1) is 11.4 Å². The Morgan fingerprint density at radius 3 is 2.48 bits per heavy atom. The number of rotatable bonds is 4. The highest BCUT2D eigenvalue weighted by molar-refractivity contribution is 5.63. The van der Waals surface area contributed by atoms with E-state index in [-0.39, 0.29) is 5.54 Å². The summed E-state index contributed by atoms with van der Waals surface area (Å²) in [6.45, 7) is 8.81. The molecule has 0 saturated heterocycles. The first-order chi connectivity index (χ1) is 9.87. The van der Waals surface area contributed by atoms with Crippen LogP contribution in [0.15, 0.2) is 42.5 Å². The molecular weight excluding hydrogens is 260 g/mol. The second kappa shape index (κ2) is 6.37. The number of hydrogen-bond acceptors (Lipinski definition) is 3. The number of pyridine rings is 1. The van der Waals surface area contributed by atoms with E-state index in [9.17, 15) is 5.11 Å². The van der Waals surface area contributed by atoms with Crippen molar-refractivity contribution in [1.29, 1.82) is 0 Å². The molecule has 0 aliphatic heterocycles. The van der Waals surface area contributed by atoms with E-state index in [2.05, 4.69) is 50.1 Å². The Balaban J connectivity index is 2.20. The van der Waals surface area contributed by atoms with E-state index in [1.807, 2.05) is 30.3 Å². The van der Waals surface area contributed by atoms with E-state index in [1.54, 1.807) is 0 Å². The standard InChI is InChI=1S/C18H24N2O/c1-13-8-5-6-9-14(13)15-10-7-11-16(20-15)17(21)12-19-18(2,3)4/h5-11,17,19,21H,12H2,1-4H3/t17-/m1/s1. The Bertz CT molecular complexity index is 602. The predicted octanol–water partition coefficient (Wildman–Crippen LogP) is 3.48. The van der Waals surface area contributed by atoms with Crippen molar-refractivity contribution in [2.45, 2.75) is 39.3 Å². The Morgan fingerprint density at radius 1 is 1.10 bits per heavy atom. The van der Waals surface area contributed by atoms with Gasteiger partial charge in [0.2, 0.25) is 0 Å². The van der Waals surface area contributed by atoms with E-state index in [0.717, 1.165) is 11.3 Å². The van der Waals surface area contributed by atoms with Crippen LogP contribution in [0.1, 0.15) is 38.1 Å². The summed E-state index contributed by atoms with van der Waals surface area (Å²) in [5, 5.41) is 13.6. The van der Waals surface area contributed by atoms with Gasteiger partial charge >= 0.3 is 0 Å². The van der Waals surface area contributed by atoms with Crippen molar-refractivity contribution in [3.8, 4) is 11.3 Å². The van der Waals surface area contributed by atoms with Crippen molar-refractivity contribution >= 4 is 0 Å². The van der Waals surface area contributed by atoms with Gasteiger partial charge in [-0.15, -0.1) is 0 Å². The molecule has 3 nitrogen and oxygen atoms in total. The van der Waals surface area contributed by atoms with Gasteiger partial charge in [0.25, 0.3) is 0 Å². The molecule has 3 heteroatoms. The number of aliphatic hydroxyl groups excluding tert-OH is 1. The third kappa shape index (κ3) is 4.38. The van der Waals surface area contributed by atoms with Gasteiger partial charge in [0, 0.05) is 17.6 Å². The van der Waals surface area contributed by atoms with Gasteiger partial charge in [-0.2, -0.15) is 0 Å². The summed E-state index contributed by atoms with van der Waals surface area (Å²) in [5.74, 6) is 0. The van der Waals surface area contributed by atoms with Crippen molar-refractivity contribution in [3.63, 3.8) is 0 Å². The van der Waals surface area contributed by atoms with Gasteiger partial charge < -0.3 is 10.4 Å². The summed E-state index contributed by atoms with van der Waals surface area (Å²) in [6.07, 6.45) is -0.604. The minimum Gasteiger partial charge on any atom is -0.385 e. The Labute approximate surface area is 127 Å². The van der Waals surface area contributed by atoms with Crippen molar-refractivity contribution in [2.75, 3.05) is 6.54 Å². The fourth-order valence-electron chi connectivity index (χ4n) is 2.15. The Morgan fingerprint density at radius 2 is 1.81 bits per heavy atom. The zero-order valence-electron chi connectivity index (χ0n) is 13.2. The largest absolute Gasteiger partial charge is 0.385 e. The lowest BCUT2D eigenvalue weighted by atomic mass is 10.0. The first-order valence-corrected chi connectivity index (χ1v) is 7.33. The molecule has 2 aromatic rings. The van der Waals surface area contributed by atoms with Gasteiger partial charge in [-0.1, -0.05) is 30.3 Å². The van der Waals surface area contributed by atoms with Crippen LogP contribution in [0.5, 0.6) is 0 Å². The van der Waals surface area contributed by atoms with Gasteiger partial charge in [-0.25, -0.2) is 0 Å². The molecule has 0 unspecified atom stereocenters. The van der Waals surface area contributed by atoms with E-state index < -0.39 is 6.10 Å². The molecule has 0 spiro atoms. The smallest absolute Gasteiger partial charge is 0.108 e. The summed E-state index contributed by atoms with van der Waals surface area (Å²) in [6, 6.07) is 14.0. The fourth-order valence-corrected chi connectivity index (χ4v) is 2.15. The Kier molecular flexibility index (Phi) is 4.76. The van der Waals surface area contributed by atoms with Crippen LogP contribution in [0.4, 0.5) is 0 Å². The molecule has 0 amide bonds. The highest BCUT2D eigenvalue weighted by Gasteiger charge is 2.15. The third-order valence-corrected chi connectivity index (χ3v) is 3.36. The highest BCUT2D eigenvalue weighted by Crippen LogP contribution is 2.22. The average Bonchev–Trinajstić information content (AvgIpc) is 2.44. The van der Waals surface area contributed by atoms with Crippen LogP contribution < -0.4 is 5.32 Å². The fraction of sp³-hybridized carbons (Fsp3) is 0.389. The number of nitrogens with one attached hydrogen (secondary N) is 1. The van der Waals surface area contributed by atoms with E-state index in [4.69, 9.17) is 0 Å². The summed E-state index contributed by atoms with van der Waals surface area (Å²) in [5.41, 5.74) is 3.88. The molecule has 0 radical (unpaired) electrons. The molecule has 1 aromatic carbocycles. The maximum atomic E-state index is 10.3.